The van der Waals surface area contributed by atoms with Crippen LogP contribution in [-0.4, -0.2) is 27.0 Å². The van der Waals surface area contributed by atoms with Crippen LogP contribution in [0.5, 0.6) is 0 Å². The van der Waals surface area contributed by atoms with Gasteiger partial charge in [0.25, 0.3) is 15.9 Å². The first-order chi connectivity index (χ1) is 14.0. The lowest BCUT2D eigenvalue weighted by Crippen LogP contribution is -2.27. The van der Waals surface area contributed by atoms with Crippen LogP contribution in [0.25, 0.3) is 0 Å². The summed E-state index contributed by atoms with van der Waals surface area (Å²) in [7, 11) is -4.24. The molecule has 1 aliphatic heterocycles. The molecule has 3 rings (SSSR count). The molecule has 1 heterocycles. The smallest absolute Gasteiger partial charge is 0.368 e. The Labute approximate surface area is 172 Å². The summed E-state index contributed by atoms with van der Waals surface area (Å²) in [6.45, 7) is 3.93. The number of halogens is 3. The van der Waals surface area contributed by atoms with Crippen molar-refractivity contribution in [3.8, 4) is 0 Å². The van der Waals surface area contributed by atoms with E-state index in [2.05, 4.69) is 5.32 Å². The number of nitrogens with one attached hydrogen (secondary N) is 2. The molecule has 1 atom stereocenters. The number of hydrogen-bond donors (Lipinski definition) is 2. The molecule has 0 aromatic heterocycles. The molecular weight excluding hydrogens is 421 g/mol. The molecule has 0 radical (unpaired) electrons. The van der Waals surface area contributed by atoms with E-state index in [9.17, 15) is 26.4 Å². The Morgan fingerprint density at radius 3 is 2.43 bits per heavy atom. The number of rotatable bonds is 5. The SMILES string of the molecule is Cc1ccc(S(=O)(=O)Nc2ccc(NC(=O)C3CCCO3)cc2C(F)(F)F)cc1C. The van der Waals surface area contributed by atoms with E-state index in [-0.39, 0.29) is 10.6 Å². The van der Waals surface area contributed by atoms with Crippen LogP contribution in [0.4, 0.5) is 24.5 Å². The van der Waals surface area contributed by atoms with Gasteiger partial charge in [-0.3, -0.25) is 9.52 Å². The van der Waals surface area contributed by atoms with Crippen LogP contribution in [0, 0.1) is 13.8 Å². The van der Waals surface area contributed by atoms with E-state index in [4.69, 9.17) is 4.74 Å². The third-order valence-corrected chi connectivity index (χ3v) is 6.21. The van der Waals surface area contributed by atoms with E-state index in [0.29, 0.717) is 31.1 Å². The predicted molar refractivity (Wildman–Crippen MR) is 106 cm³/mol. The van der Waals surface area contributed by atoms with Gasteiger partial charge in [0.1, 0.15) is 6.10 Å². The van der Waals surface area contributed by atoms with Gasteiger partial charge in [0, 0.05) is 12.3 Å². The molecule has 0 bridgehead atoms. The van der Waals surface area contributed by atoms with Gasteiger partial charge in [0.05, 0.1) is 16.1 Å². The Hall–Kier alpha value is -2.59. The second kappa shape index (κ2) is 8.27. The van der Waals surface area contributed by atoms with Crippen molar-refractivity contribution in [2.75, 3.05) is 16.6 Å². The van der Waals surface area contributed by atoms with E-state index in [0.717, 1.165) is 11.6 Å². The van der Waals surface area contributed by atoms with E-state index >= 15 is 0 Å². The monoisotopic (exact) mass is 442 g/mol. The zero-order chi connectivity index (χ0) is 22.1. The third-order valence-electron chi connectivity index (χ3n) is 4.85. The Morgan fingerprint density at radius 2 is 1.83 bits per heavy atom. The lowest BCUT2D eigenvalue weighted by atomic mass is 10.1. The Kier molecular flexibility index (Phi) is 6.09. The molecule has 1 amide bonds. The fourth-order valence-corrected chi connectivity index (χ4v) is 4.20. The number of benzene rings is 2. The summed E-state index contributed by atoms with van der Waals surface area (Å²) in [4.78, 5) is 12.0. The number of alkyl halides is 3. The number of ether oxygens (including phenoxy) is 1. The first kappa shape index (κ1) is 22.1. The van der Waals surface area contributed by atoms with Crippen molar-refractivity contribution in [3.63, 3.8) is 0 Å². The molecule has 1 unspecified atom stereocenters. The standard InChI is InChI=1S/C20H21F3N2O4S/c1-12-5-7-15(10-13(12)2)30(27,28)25-17-8-6-14(11-16(17)20(21,22)23)24-19(26)18-4-3-9-29-18/h5-8,10-11,18,25H,3-4,9H2,1-2H3,(H,24,26). The van der Waals surface area contributed by atoms with Gasteiger partial charge in [-0.2, -0.15) is 13.2 Å². The van der Waals surface area contributed by atoms with Crippen molar-refractivity contribution in [1.29, 1.82) is 0 Å². The van der Waals surface area contributed by atoms with Crippen molar-refractivity contribution in [1.82, 2.24) is 0 Å². The van der Waals surface area contributed by atoms with E-state index < -0.39 is 39.5 Å². The molecule has 2 aromatic rings. The predicted octanol–water partition coefficient (Wildman–Crippen LogP) is 4.24. The van der Waals surface area contributed by atoms with Gasteiger partial charge >= 0.3 is 6.18 Å². The van der Waals surface area contributed by atoms with Crippen LogP contribution in [0.2, 0.25) is 0 Å². The van der Waals surface area contributed by atoms with E-state index in [1.807, 2.05) is 4.72 Å². The minimum Gasteiger partial charge on any atom is -0.368 e. The van der Waals surface area contributed by atoms with Gasteiger partial charge in [0.15, 0.2) is 0 Å². The summed E-state index contributed by atoms with van der Waals surface area (Å²) >= 11 is 0. The van der Waals surface area contributed by atoms with Crippen molar-refractivity contribution in [2.45, 2.75) is 43.9 Å². The number of amides is 1. The van der Waals surface area contributed by atoms with Crippen LogP contribution in [-0.2, 0) is 25.7 Å². The summed E-state index contributed by atoms with van der Waals surface area (Å²) in [5.41, 5.74) is -0.384. The first-order valence-corrected chi connectivity index (χ1v) is 10.7. The van der Waals surface area contributed by atoms with Gasteiger partial charge in [-0.25, -0.2) is 8.42 Å². The summed E-state index contributed by atoms with van der Waals surface area (Å²) in [5, 5.41) is 2.39. The van der Waals surface area contributed by atoms with E-state index in [1.165, 1.54) is 18.2 Å². The van der Waals surface area contributed by atoms with Crippen molar-refractivity contribution in [2.24, 2.45) is 0 Å². The molecule has 6 nitrogen and oxygen atoms in total. The molecule has 0 aliphatic carbocycles. The normalized spacial score (nSPS) is 17.0. The van der Waals surface area contributed by atoms with Gasteiger partial charge < -0.3 is 10.1 Å². The second-order valence-corrected chi connectivity index (χ2v) is 8.78. The molecule has 10 heteroatoms. The maximum Gasteiger partial charge on any atom is 0.418 e. The van der Waals surface area contributed by atoms with Crippen LogP contribution in [0.3, 0.4) is 0 Å². The average Bonchev–Trinajstić information content (AvgIpc) is 3.19. The summed E-state index contributed by atoms with van der Waals surface area (Å²) in [5.74, 6) is -0.538. The maximum atomic E-state index is 13.6. The number of sulfonamides is 1. The minimum absolute atomic E-state index is 0.100. The molecule has 1 saturated heterocycles. The largest absolute Gasteiger partial charge is 0.418 e. The summed E-state index contributed by atoms with van der Waals surface area (Å²) < 4.78 is 73.2. The second-order valence-electron chi connectivity index (χ2n) is 7.10. The molecule has 1 aliphatic rings. The molecule has 0 saturated carbocycles. The molecule has 2 N–H and O–H groups in total. The highest BCUT2D eigenvalue weighted by molar-refractivity contribution is 7.92. The number of aryl methyl sites for hydroxylation is 2. The Balaban J connectivity index is 1.90. The number of carbonyl (C=O) groups is 1. The maximum absolute atomic E-state index is 13.6. The molecule has 0 spiro atoms. The average molecular weight is 442 g/mol. The highest BCUT2D eigenvalue weighted by atomic mass is 32.2. The fourth-order valence-electron chi connectivity index (χ4n) is 3.04. The number of carbonyl (C=O) groups excluding carboxylic acids is 1. The zero-order valence-corrected chi connectivity index (χ0v) is 17.2. The topological polar surface area (TPSA) is 84.5 Å². The fraction of sp³-hybridized carbons (Fsp3) is 0.350. The van der Waals surface area contributed by atoms with Crippen LogP contribution >= 0.6 is 0 Å². The molecule has 30 heavy (non-hydrogen) atoms. The van der Waals surface area contributed by atoms with Crippen LogP contribution in [0.15, 0.2) is 41.3 Å². The van der Waals surface area contributed by atoms with Gasteiger partial charge in [-0.05, 0) is 68.1 Å². The quantitative estimate of drug-likeness (QED) is 0.726. The highest BCUT2D eigenvalue weighted by Gasteiger charge is 2.35. The molecular formula is C20H21F3N2O4S. The molecule has 2 aromatic carbocycles. The Morgan fingerprint density at radius 1 is 1.10 bits per heavy atom. The summed E-state index contributed by atoms with van der Waals surface area (Å²) in [6.07, 6.45) is -4.36. The number of anilines is 2. The van der Waals surface area contributed by atoms with Gasteiger partial charge in [-0.1, -0.05) is 6.07 Å². The lowest BCUT2D eigenvalue weighted by molar-refractivity contribution is -0.137. The minimum atomic E-state index is -4.84. The summed E-state index contributed by atoms with van der Waals surface area (Å²) in [6, 6.07) is 7.19. The molecule has 162 valence electrons. The number of hydrogen-bond acceptors (Lipinski definition) is 4. The van der Waals surface area contributed by atoms with Crippen LogP contribution in [0.1, 0.15) is 29.5 Å². The van der Waals surface area contributed by atoms with Crippen molar-refractivity contribution >= 4 is 27.3 Å². The van der Waals surface area contributed by atoms with Crippen LogP contribution < -0.4 is 10.0 Å². The zero-order valence-electron chi connectivity index (χ0n) is 16.3. The highest BCUT2D eigenvalue weighted by Crippen LogP contribution is 2.37. The first-order valence-electron chi connectivity index (χ1n) is 9.21. The van der Waals surface area contributed by atoms with Crippen molar-refractivity contribution < 1.29 is 31.1 Å². The van der Waals surface area contributed by atoms with E-state index in [1.54, 1.807) is 19.9 Å². The Bertz CT molecular complexity index is 1060. The molecule has 1 fully saturated rings. The third kappa shape index (κ3) is 4.93. The van der Waals surface area contributed by atoms with Crippen molar-refractivity contribution in [3.05, 3.63) is 53.1 Å². The van der Waals surface area contributed by atoms with Gasteiger partial charge in [0.2, 0.25) is 0 Å². The van der Waals surface area contributed by atoms with Gasteiger partial charge in [-0.15, -0.1) is 0 Å². The lowest BCUT2D eigenvalue weighted by Gasteiger charge is -2.17.